The molecule has 0 aliphatic carbocycles. The van der Waals surface area contributed by atoms with Crippen LogP contribution in [0.4, 0.5) is 5.69 Å². The number of nitro benzene ring substituents is 1. The summed E-state index contributed by atoms with van der Waals surface area (Å²) in [6, 6.07) is 1.40. The van der Waals surface area contributed by atoms with E-state index < -0.39 is 21.8 Å². The van der Waals surface area contributed by atoms with E-state index in [1.54, 1.807) is 0 Å². The van der Waals surface area contributed by atoms with Crippen molar-refractivity contribution in [1.29, 1.82) is 0 Å². The number of hydrogen-bond acceptors (Lipinski definition) is 5. The zero-order valence-corrected chi connectivity index (χ0v) is 11.0. The molecule has 0 bridgehead atoms. The molecule has 0 aliphatic rings. The van der Waals surface area contributed by atoms with Gasteiger partial charge in [0.2, 0.25) is 5.58 Å². The number of benzene rings is 1. The zero-order chi connectivity index (χ0) is 12.7. The highest BCUT2D eigenvalue weighted by Crippen LogP contribution is 2.37. The molecule has 17 heavy (non-hydrogen) atoms. The average molecular weight is 366 g/mol. The van der Waals surface area contributed by atoms with Gasteiger partial charge in [-0.05, 0) is 37.9 Å². The summed E-state index contributed by atoms with van der Waals surface area (Å²) in [5.41, 5.74) is -2.80. The molecule has 0 fully saturated rings. The van der Waals surface area contributed by atoms with Crippen LogP contribution >= 0.6 is 31.9 Å². The number of aromatic nitrogens is 1. The highest BCUT2D eigenvalue weighted by molar-refractivity contribution is 9.13. The Morgan fingerprint density at radius 1 is 1.35 bits per heavy atom. The number of hydrogen-bond donors (Lipinski definition) is 1. The van der Waals surface area contributed by atoms with Crippen molar-refractivity contribution in [3.63, 3.8) is 0 Å². The lowest BCUT2D eigenvalue weighted by Crippen LogP contribution is -2.25. The van der Waals surface area contributed by atoms with E-state index in [1.807, 2.05) is 0 Å². The molecular weight excluding hydrogens is 364 g/mol. The standard InChI is InChI=1S/C8H2Br2N2O5/c9-2-1-3-6(5(4(2)10)12(15)16)17-8(14)7(13)11-3/h1H,(H,11,13). The van der Waals surface area contributed by atoms with Gasteiger partial charge < -0.3 is 9.40 Å². The van der Waals surface area contributed by atoms with Crippen LogP contribution in [0, 0.1) is 10.1 Å². The summed E-state index contributed by atoms with van der Waals surface area (Å²) < 4.78 is 5.12. The van der Waals surface area contributed by atoms with E-state index >= 15 is 0 Å². The first-order valence-corrected chi connectivity index (χ1v) is 5.70. The van der Waals surface area contributed by atoms with E-state index in [0.717, 1.165) is 0 Å². The Hall–Kier alpha value is -1.48. The number of aromatic amines is 1. The van der Waals surface area contributed by atoms with E-state index in [0.29, 0.717) is 4.47 Å². The van der Waals surface area contributed by atoms with Crippen LogP contribution in [0.15, 0.2) is 29.0 Å². The molecule has 0 atom stereocenters. The average Bonchev–Trinajstić information content (AvgIpc) is 2.23. The third-order valence-corrected chi connectivity index (χ3v) is 3.92. The number of nitro groups is 1. The third kappa shape index (κ3) is 1.91. The molecule has 0 amide bonds. The van der Waals surface area contributed by atoms with Crippen LogP contribution in [0.25, 0.3) is 11.1 Å². The fraction of sp³-hybridized carbons (Fsp3) is 0. The van der Waals surface area contributed by atoms with Crippen LogP contribution in [0.5, 0.6) is 0 Å². The summed E-state index contributed by atoms with van der Waals surface area (Å²) in [5.74, 6) is 0. The van der Waals surface area contributed by atoms with Gasteiger partial charge in [0.15, 0.2) is 0 Å². The molecule has 0 saturated heterocycles. The predicted molar refractivity (Wildman–Crippen MR) is 65.2 cm³/mol. The molecule has 0 unspecified atom stereocenters. The summed E-state index contributed by atoms with van der Waals surface area (Å²) in [4.78, 5) is 34.5. The van der Waals surface area contributed by atoms with Gasteiger partial charge in [0.05, 0.1) is 10.4 Å². The molecule has 9 heteroatoms. The van der Waals surface area contributed by atoms with Crippen LogP contribution in [0.3, 0.4) is 0 Å². The van der Waals surface area contributed by atoms with Crippen LogP contribution in [0.2, 0.25) is 0 Å². The van der Waals surface area contributed by atoms with E-state index in [2.05, 4.69) is 41.3 Å². The molecular formula is C8H2Br2N2O5. The molecule has 1 N–H and O–H groups in total. The second-order valence-corrected chi connectivity index (χ2v) is 4.65. The lowest BCUT2D eigenvalue weighted by molar-refractivity contribution is -0.384. The van der Waals surface area contributed by atoms with Gasteiger partial charge in [-0.2, -0.15) is 0 Å². The fourth-order valence-corrected chi connectivity index (χ4v) is 2.12. The van der Waals surface area contributed by atoms with E-state index in [9.17, 15) is 19.7 Å². The van der Waals surface area contributed by atoms with Gasteiger partial charge in [-0.1, -0.05) is 0 Å². The SMILES string of the molecule is O=c1[nH]c2cc(Br)c(Br)c([N+](=O)[O-])c2oc1=O. The largest absolute Gasteiger partial charge is 0.410 e. The van der Waals surface area contributed by atoms with E-state index in [-0.39, 0.29) is 15.6 Å². The number of rotatable bonds is 1. The fourth-order valence-electron chi connectivity index (χ4n) is 1.27. The van der Waals surface area contributed by atoms with Crippen molar-refractivity contribution < 1.29 is 9.34 Å². The van der Waals surface area contributed by atoms with Crippen LogP contribution < -0.4 is 11.2 Å². The first-order valence-electron chi connectivity index (χ1n) is 4.11. The summed E-state index contributed by atoms with van der Waals surface area (Å²) >= 11 is 6.09. The molecule has 1 aromatic heterocycles. The van der Waals surface area contributed by atoms with Crippen molar-refractivity contribution in [2.24, 2.45) is 0 Å². The Labute approximate surface area is 109 Å². The molecule has 1 aromatic carbocycles. The van der Waals surface area contributed by atoms with Crippen LogP contribution in [0.1, 0.15) is 0 Å². The van der Waals surface area contributed by atoms with Crippen LogP contribution in [-0.4, -0.2) is 9.91 Å². The first kappa shape index (κ1) is 12.0. The molecule has 7 nitrogen and oxygen atoms in total. The van der Waals surface area contributed by atoms with Gasteiger partial charge in [0.25, 0.3) is 0 Å². The van der Waals surface area contributed by atoms with Gasteiger partial charge >= 0.3 is 16.9 Å². The predicted octanol–water partition coefficient (Wildman–Crippen LogP) is 1.91. The summed E-state index contributed by atoms with van der Waals surface area (Å²) in [7, 11) is 0. The van der Waals surface area contributed by atoms with E-state index in [4.69, 9.17) is 0 Å². The second-order valence-electron chi connectivity index (χ2n) is 3.00. The summed E-state index contributed by atoms with van der Waals surface area (Å²) in [6.45, 7) is 0. The van der Waals surface area contributed by atoms with Gasteiger partial charge in [0.1, 0.15) is 4.47 Å². The topological polar surface area (TPSA) is 106 Å². The van der Waals surface area contributed by atoms with Gasteiger partial charge in [-0.25, -0.2) is 4.79 Å². The molecule has 0 aliphatic heterocycles. The maximum absolute atomic E-state index is 11.1. The molecule has 0 spiro atoms. The highest BCUT2D eigenvalue weighted by Gasteiger charge is 2.23. The minimum atomic E-state index is -1.19. The summed E-state index contributed by atoms with van der Waals surface area (Å²) in [6.07, 6.45) is 0. The number of nitrogens with zero attached hydrogens (tertiary/aromatic N) is 1. The Bertz CT molecular complexity index is 748. The van der Waals surface area contributed by atoms with Gasteiger partial charge in [-0.3, -0.25) is 14.9 Å². The molecule has 2 aromatic rings. The summed E-state index contributed by atoms with van der Waals surface area (Å²) in [5, 5.41) is 10.9. The normalized spacial score (nSPS) is 10.7. The van der Waals surface area contributed by atoms with Crippen molar-refractivity contribution in [1.82, 2.24) is 4.98 Å². The molecule has 0 radical (unpaired) electrons. The highest BCUT2D eigenvalue weighted by atomic mass is 79.9. The minimum Gasteiger partial charge on any atom is -0.410 e. The smallest absolute Gasteiger partial charge is 0.402 e. The third-order valence-electron chi connectivity index (χ3n) is 1.96. The quantitative estimate of drug-likeness (QED) is 0.472. The molecule has 0 saturated carbocycles. The van der Waals surface area contributed by atoms with Crippen molar-refractivity contribution >= 4 is 48.6 Å². The number of fused-ring (bicyclic) bond motifs is 1. The minimum absolute atomic E-state index is 0.0661. The monoisotopic (exact) mass is 364 g/mol. The van der Waals surface area contributed by atoms with Crippen molar-refractivity contribution in [3.8, 4) is 0 Å². The molecule has 88 valence electrons. The molecule has 1 heterocycles. The van der Waals surface area contributed by atoms with Gasteiger partial charge in [0, 0.05) is 4.47 Å². The maximum atomic E-state index is 11.1. The Morgan fingerprint density at radius 3 is 2.59 bits per heavy atom. The number of nitrogens with one attached hydrogen (secondary N) is 1. The lowest BCUT2D eigenvalue weighted by Gasteiger charge is -2.01. The van der Waals surface area contributed by atoms with Crippen molar-refractivity contribution in [2.45, 2.75) is 0 Å². The lowest BCUT2D eigenvalue weighted by atomic mass is 10.3. The zero-order valence-electron chi connectivity index (χ0n) is 7.82. The van der Waals surface area contributed by atoms with Crippen LogP contribution in [-0.2, 0) is 0 Å². The van der Waals surface area contributed by atoms with Gasteiger partial charge in [-0.15, -0.1) is 0 Å². The van der Waals surface area contributed by atoms with Crippen molar-refractivity contribution in [2.75, 3.05) is 0 Å². The molecule has 2 rings (SSSR count). The second kappa shape index (κ2) is 4.08. The van der Waals surface area contributed by atoms with E-state index in [1.165, 1.54) is 6.07 Å². The maximum Gasteiger partial charge on any atom is 0.402 e. The number of H-pyrrole nitrogens is 1. The first-order chi connectivity index (χ1) is 7.91. The van der Waals surface area contributed by atoms with Crippen molar-refractivity contribution in [3.05, 3.63) is 45.9 Å². The Kier molecular flexibility index (Phi) is 2.87. The number of halogens is 2. The Morgan fingerprint density at radius 2 is 2.00 bits per heavy atom. The Balaban J connectivity index is 3.09.